The van der Waals surface area contributed by atoms with Gasteiger partial charge in [0.15, 0.2) is 10.8 Å². The highest BCUT2D eigenvalue weighted by atomic mass is 32.1. The zero-order valence-electron chi connectivity index (χ0n) is 12.2. The van der Waals surface area contributed by atoms with E-state index in [9.17, 15) is 4.39 Å². The fourth-order valence-corrected chi connectivity index (χ4v) is 2.88. The van der Waals surface area contributed by atoms with Gasteiger partial charge in [0, 0.05) is 24.2 Å². The van der Waals surface area contributed by atoms with Gasteiger partial charge in [0.2, 0.25) is 0 Å². The van der Waals surface area contributed by atoms with Crippen LogP contribution < -0.4 is 0 Å². The number of pyridine rings is 2. The van der Waals surface area contributed by atoms with E-state index in [1.165, 1.54) is 17.4 Å². The van der Waals surface area contributed by atoms with Crippen LogP contribution in [0, 0.1) is 5.82 Å². The van der Waals surface area contributed by atoms with Crippen molar-refractivity contribution < 1.29 is 4.39 Å². The molecule has 6 nitrogen and oxygen atoms in total. The Balaban J connectivity index is 1.70. The molecule has 4 aromatic heterocycles. The number of hydrogen-bond acceptors (Lipinski definition) is 7. The Bertz CT molecular complexity index is 989. The lowest BCUT2D eigenvalue weighted by Crippen LogP contribution is -1.91. The van der Waals surface area contributed by atoms with Gasteiger partial charge in [-0.05, 0) is 24.3 Å². The quantitative estimate of drug-likeness (QED) is 0.571. The Morgan fingerprint density at radius 1 is 0.875 bits per heavy atom. The third-order valence-electron chi connectivity index (χ3n) is 3.14. The largest absolute Gasteiger partial charge is 0.261 e. The fourth-order valence-electron chi connectivity index (χ4n) is 2.08. The first kappa shape index (κ1) is 14.5. The highest BCUT2D eigenvalue weighted by Crippen LogP contribution is 2.29. The molecule has 0 unspecified atom stereocenters. The molecule has 0 aliphatic carbocycles. The molecule has 4 rings (SSSR count). The topological polar surface area (TPSA) is 77.3 Å². The SMILES string of the molecule is Fc1cncc(-c2nnc(-c3cccc(-c4ncccn4)n3)s2)c1. The molecule has 0 atom stereocenters. The van der Waals surface area contributed by atoms with E-state index in [0.29, 0.717) is 32.8 Å². The van der Waals surface area contributed by atoms with Crippen LogP contribution in [0.5, 0.6) is 0 Å². The van der Waals surface area contributed by atoms with E-state index in [-0.39, 0.29) is 0 Å². The van der Waals surface area contributed by atoms with Crippen molar-refractivity contribution >= 4 is 11.3 Å². The maximum absolute atomic E-state index is 13.3. The summed E-state index contributed by atoms with van der Waals surface area (Å²) in [6.07, 6.45) is 6.03. The fraction of sp³-hybridized carbons (Fsp3) is 0. The van der Waals surface area contributed by atoms with E-state index in [4.69, 9.17) is 0 Å². The van der Waals surface area contributed by atoms with Crippen LogP contribution in [0.25, 0.3) is 32.8 Å². The second-order valence-electron chi connectivity index (χ2n) is 4.78. The number of rotatable bonds is 3. The van der Waals surface area contributed by atoms with Crippen molar-refractivity contribution in [2.45, 2.75) is 0 Å². The van der Waals surface area contributed by atoms with Crippen molar-refractivity contribution in [1.29, 1.82) is 0 Å². The normalized spacial score (nSPS) is 10.7. The molecule has 8 heteroatoms. The first-order valence-corrected chi connectivity index (χ1v) is 7.80. The molecule has 0 saturated carbocycles. The lowest BCUT2D eigenvalue weighted by Gasteiger charge is -2.00. The van der Waals surface area contributed by atoms with Crippen LogP contribution >= 0.6 is 11.3 Å². The van der Waals surface area contributed by atoms with E-state index in [0.717, 1.165) is 6.20 Å². The summed E-state index contributed by atoms with van der Waals surface area (Å²) in [7, 11) is 0. The average molecular weight is 336 g/mol. The highest BCUT2D eigenvalue weighted by molar-refractivity contribution is 7.17. The van der Waals surface area contributed by atoms with Gasteiger partial charge in [-0.2, -0.15) is 0 Å². The summed E-state index contributed by atoms with van der Waals surface area (Å²) in [6.45, 7) is 0. The van der Waals surface area contributed by atoms with Crippen LogP contribution in [0.3, 0.4) is 0 Å². The summed E-state index contributed by atoms with van der Waals surface area (Å²) in [5, 5.41) is 9.45. The predicted octanol–water partition coefficient (Wildman–Crippen LogP) is 3.26. The van der Waals surface area contributed by atoms with Gasteiger partial charge in [-0.15, -0.1) is 10.2 Å². The van der Waals surface area contributed by atoms with Crippen molar-refractivity contribution in [3.05, 3.63) is 60.9 Å². The van der Waals surface area contributed by atoms with Crippen molar-refractivity contribution in [3.8, 4) is 32.8 Å². The highest BCUT2D eigenvalue weighted by Gasteiger charge is 2.12. The van der Waals surface area contributed by atoms with Crippen LogP contribution in [0.4, 0.5) is 4.39 Å². The molecule has 0 saturated heterocycles. The molecule has 24 heavy (non-hydrogen) atoms. The predicted molar refractivity (Wildman–Crippen MR) is 87.4 cm³/mol. The van der Waals surface area contributed by atoms with Gasteiger partial charge in [0.1, 0.15) is 22.2 Å². The summed E-state index contributed by atoms with van der Waals surface area (Å²) in [6, 6.07) is 8.65. The molecular formula is C16H9FN6S. The van der Waals surface area contributed by atoms with Crippen LogP contribution in [0.2, 0.25) is 0 Å². The molecule has 4 aromatic rings. The lowest BCUT2D eigenvalue weighted by atomic mass is 10.3. The molecule has 0 amide bonds. The molecule has 0 spiro atoms. The number of hydrogen-bond donors (Lipinski definition) is 0. The summed E-state index contributed by atoms with van der Waals surface area (Å²) < 4.78 is 13.3. The standard InChI is InChI=1S/C16H9FN6S/c17-11-7-10(8-18-9-11)15-22-23-16(24-15)13-4-1-3-12(21-13)14-19-5-2-6-20-14/h1-9H. The van der Waals surface area contributed by atoms with Gasteiger partial charge in [-0.3, -0.25) is 4.98 Å². The minimum absolute atomic E-state index is 0.411. The Morgan fingerprint density at radius 3 is 2.50 bits per heavy atom. The Labute approximate surface area is 140 Å². The molecule has 116 valence electrons. The first-order chi connectivity index (χ1) is 11.8. The monoisotopic (exact) mass is 336 g/mol. The Morgan fingerprint density at radius 2 is 1.67 bits per heavy atom. The van der Waals surface area contributed by atoms with Gasteiger partial charge in [-0.1, -0.05) is 17.4 Å². The minimum atomic E-state index is -0.411. The summed E-state index contributed by atoms with van der Waals surface area (Å²) in [5.41, 5.74) is 1.90. The third kappa shape index (κ3) is 2.86. The number of nitrogens with zero attached hydrogens (tertiary/aromatic N) is 6. The van der Waals surface area contributed by atoms with Crippen LogP contribution in [0.15, 0.2) is 55.1 Å². The van der Waals surface area contributed by atoms with Gasteiger partial charge in [0.05, 0.1) is 6.20 Å². The molecule has 0 aliphatic rings. The van der Waals surface area contributed by atoms with Gasteiger partial charge < -0.3 is 0 Å². The Hall–Kier alpha value is -3.13. The summed E-state index contributed by atoms with van der Waals surface area (Å²) >= 11 is 1.32. The second-order valence-corrected chi connectivity index (χ2v) is 5.76. The van der Waals surface area contributed by atoms with Crippen molar-refractivity contribution in [2.24, 2.45) is 0 Å². The molecular weight excluding hydrogens is 327 g/mol. The third-order valence-corrected chi connectivity index (χ3v) is 4.13. The van der Waals surface area contributed by atoms with E-state index in [2.05, 4.69) is 30.1 Å². The maximum atomic E-state index is 13.3. The number of halogens is 1. The zero-order valence-corrected chi connectivity index (χ0v) is 13.0. The van der Waals surface area contributed by atoms with Crippen LogP contribution in [-0.4, -0.2) is 30.1 Å². The molecule has 0 aliphatic heterocycles. The van der Waals surface area contributed by atoms with E-state index < -0.39 is 5.82 Å². The van der Waals surface area contributed by atoms with Crippen molar-refractivity contribution in [3.63, 3.8) is 0 Å². The smallest absolute Gasteiger partial charge is 0.178 e. The summed E-state index contributed by atoms with van der Waals surface area (Å²) in [4.78, 5) is 16.7. The van der Waals surface area contributed by atoms with Crippen molar-refractivity contribution in [1.82, 2.24) is 30.1 Å². The minimum Gasteiger partial charge on any atom is -0.261 e. The molecule has 0 radical (unpaired) electrons. The van der Waals surface area contributed by atoms with Gasteiger partial charge >= 0.3 is 0 Å². The summed E-state index contributed by atoms with van der Waals surface area (Å²) in [5.74, 6) is 0.129. The maximum Gasteiger partial charge on any atom is 0.178 e. The second kappa shape index (κ2) is 6.17. The molecule has 0 N–H and O–H groups in total. The number of aromatic nitrogens is 6. The van der Waals surface area contributed by atoms with E-state index in [1.54, 1.807) is 24.7 Å². The molecule has 0 bridgehead atoms. The van der Waals surface area contributed by atoms with Crippen LogP contribution in [-0.2, 0) is 0 Å². The van der Waals surface area contributed by atoms with E-state index >= 15 is 0 Å². The Kier molecular flexibility index (Phi) is 3.72. The van der Waals surface area contributed by atoms with E-state index in [1.807, 2.05) is 18.2 Å². The van der Waals surface area contributed by atoms with Crippen molar-refractivity contribution in [2.75, 3.05) is 0 Å². The lowest BCUT2D eigenvalue weighted by molar-refractivity contribution is 0.622. The molecule has 0 aromatic carbocycles. The first-order valence-electron chi connectivity index (χ1n) is 6.99. The van der Waals surface area contributed by atoms with Gasteiger partial charge in [0.25, 0.3) is 0 Å². The van der Waals surface area contributed by atoms with Crippen LogP contribution in [0.1, 0.15) is 0 Å². The molecule has 0 fully saturated rings. The zero-order chi connectivity index (χ0) is 16.4. The van der Waals surface area contributed by atoms with Gasteiger partial charge in [-0.25, -0.2) is 19.3 Å². The molecule has 4 heterocycles. The average Bonchev–Trinajstić information content (AvgIpc) is 3.13.